The standard InChI is InChI=1S/C11H18N4O2/c1-4-8-13-9(15-14-8)10(17)12-6-5-7(16)11(6,2)3/h6-7,16H,4-5H2,1-3H3,(H,12,17)(H,13,14,15). The van der Waals surface area contributed by atoms with Crippen LogP contribution in [0.2, 0.25) is 0 Å². The lowest BCUT2D eigenvalue weighted by atomic mass is 9.64. The van der Waals surface area contributed by atoms with Crippen LogP contribution < -0.4 is 5.32 Å². The summed E-state index contributed by atoms with van der Waals surface area (Å²) in [5, 5.41) is 19.0. The highest BCUT2D eigenvalue weighted by molar-refractivity contribution is 5.90. The number of H-pyrrole nitrogens is 1. The van der Waals surface area contributed by atoms with Gasteiger partial charge in [-0.2, -0.15) is 0 Å². The number of aliphatic hydroxyl groups excluding tert-OH is 1. The van der Waals surface area contributed by atoms with Gasteiger partial charge in [0.05, 0.1) is 6.10 Å². The van der Waals surface area contributed by atoms with Crippen LogP contribution in [-0.2, 0) is 6.42 Å². The largest absolute Gasteiger partial charge is 0.392 e. The Morgan fingerprint density at radius 1 is 1.65 bits per heavy atom. The van der Waals surface area contributed by atoms with Crippen LogP contribution in [0.15, 0.2) is 0 Å². The summed E-state index contributed by atoms with van der Waals surface area (Å²) in [4.78, 5) is 15.9. The van der Waals surface area contributed by atoms with E-state index in [0.29, 0.717) is 18.7 Å². The van der Waals surface area contributed by atoms with E-state index in [2.05, 4.69) is 20.5 Å². The molecule has 0 spiro atoms. The molecule has 94 valence electrons. The maximum atomic E-state index is 11.8. The van der Waals surface area contributed by atoms with Gasteiger partial charge in [-0.25, -0.2) is 4.98 Å². The molecule has 1 amide bonds. The second-order valence-electron chi connectivity index (χ2n) is 5.06. The van der Waals surface area contributed by atoms with Crippen LogP contribution in [-0.4, -0.2) is 38.3 Å². The minimum atomic E-state index is -0.355. The number of nitrogens with one attached hydrogen (secondary N) is 2. The molecule has 1 aliphatic carbocycles. The van der Waals surface area contributed by atoms with Gasteiger partial charge >= 0.3 is 0 Å². The lowest BCUT2D eigenvalue weighted by molar-refractivity contribution is -0.0690. The van der Waals surface area contributed by atoms with Crippen LogP contribution in [0.1, 0.15) is 43.6 Å². The van der Waals surface area contributed by atoms with Crippen molar-refractivity contribution >= 4 is 5.91 Å². The monoisotopic (exact) mass is 238 g/mol. The molecule has 1 heterocycles. The molecule has 0 aromatic carbocycles. The molecule has 2 atom stereocenters. The summed E-state index contributed by atoms with van der Waals surface area (Å²) in [7, 11) is 0. The number of hydrogen-bond donors (Lipinski definition) is 3. The number of nitrogens with zero attached hydrogens (tertiary/aromatic N) is 2. The minimum Gasteiger partial charge on any atom is -0.392 e. The van der Waals surface area contributed by atoms with Gasteiger partial charge in [0.15, 0.2) is 0 Å². The van der Waals surface area contributed by atoms with Crippen LogP contribution in [0, 0.1) is 5.41 Å². The van der Waals surface area contributed by atoms with Crippen molar-refractivity contribution in [2.24, 2.45) is 5.41 Å². The Kier molecular flexibility index (Phi) is 2.91. The Hall–Kier alpha value is -1.43. The zero-order valence-corrected chi connectivity index (χ0v) is 10.3. The van der Waals surface area contributed by atoms with Crippen LogP contribution in [0.25, 0.3) is 0 Å². The number of hydrogen-bond acceptors (Lipinski definition) is 4. The summed E-state index contributed by atoms with van der Waals surface area (Å²) >= 11 is 0. The molecular formula is C11H18N4O2. The highest BCUT2D eigenvalue weighted by Gasteiger charge is 2.48. The Labute approximate surface area is 99.8 Å². The number of carbonyl (C=O) groups is 1. The third-order valence-electron chi connectivity index (χ3n) is 3.59. The molecule has 1 aromatic rings. The van der Waals surface area contributed by atoms with Gasteiger partial charge < -0.3 is 10.4 Å². The van der Waals surface area contributed by atoms with Crippen molar-refractivity contribution in [3.63, 3.8) is 0 Å². The van der Waals surface area contributed by atoms with Crippen LogP contribution in [0.4, 0.5) is 0 Å². The molecule has 1 aliphatic rings. The van der Waals surface area contributed by atoms with Gasteiger partial charge in [0, 0.05) is 17.9 Å². The Balaban J connectivity index is 1.98. The normalized spacial score (nSPS) is 26.4. The summed E-state index contributed by atoms with van der Waals surface area (Å²) in [5.41, 5.74) is -0.278. The Bertz CT molecular complexity index is 427. The quantitative estimate of drug-likeness (QED) is 0.704. The van der Waals surface area contributed by atoms with E-state index in [1.165, 1.54) is 0 Å². The van der Waals surface area contributed by atoms with E-state index in [4.69, 9.17) is 0 Å². The first-order chi connectivity index (χ1) is 7.95. The first-order valence-corrected chi connectivity index (χ1v) is 5.85. The lowest BCUT2D eigenvalue weighted by Crippen LogP contribution is -2.61. The Morgan fingerprint density at radius 3 is 2.82 bits per heavy atom. The van der Waals surface area contributed by atoms with Gasteiger partial charge in [-0.15, -0.1) is 5.10 Å². The predicted molar refractivity (Wildman–Crippen MR) is 61.4 cm³/mol. The second kappa shape index (κ2) is 4.10. The molecule has 6 nitrogen and oxygen atoms in total. The van der Waals surface area contributed by atoms with Gasteiger partial charge in [-0.05, 0) is 6.42 Å². The molecule has 0 radical (unpaired) electrons. The number of aliphatic hydroxyl groups is 1. The molecule has 17 heavy (non-hydrogen) atoms. The molecule has 1 fully saturated rings. The highest BCUT2D eigenvalue weighted by Crippen LogP contribution is 2.40. The van der Waals surface area contributed by atoms with Gasteiger partial charge in [0.1, 0.15) is 5.82 Å². The third-order valence-corrected chi connectivity index (χ3v) is 3.59. The van der Waals surface area contributed by atoms with Crippen molar-refractivity contribution in [1.82, 2.24) is 20.5 Å². The second-order valence-corrected chi connectivity index (χ2v) is 5.06. The van der Waals surface area contributed by atoms with Crippen molar-refractivity contribution in [1.29, 1.82) is 0 Å². The fraction of sp³-hybridized carbons (Fsp3) is 0.727. The summed E-state index contributed by atoms with van der Waals surface area (Å²) in [6.07, 6.45) is 0.948. The van der Waals surface area contributed by atoms with Gasteiger partial charge in [0.25, 0.3) is 5.91 Å². The van der Waals surface area contributed by atoms with E-state index in [9.17, 15) is 9.90 Å². The van der Waals surface area contributed by atoms with E-state index >= 15 is 0 Å². The molecule has 0 bridgehead atoms. The lowest BCUT2D eigenvalue weighted by Gasteiger charge is -2.49. The van der Waals surface area contributed by atoms with Crippen molar-refractivity contribution < 1.29 is 9.90 Å². The van der Waals surface area contributed by atoms with Gasteiger partial charge in [0.2, 0.25) is 5.82 Å². The summed E-state index contributed by atoms with van der Waals surface area (Å²) in [6.45, 7) is 5.80. The predicted octanol–water partition coefficient (Wildman–Crippen LogP) is 0.256. The van der Waals surface area contributed by atoms with Crippen LogP contribution >= 0.6 is 0 Å². The molecule has 1 aromatic heterocycles. The number of aromatic amines is 1. The zero-order chi connectivity index (χ0) is 12.6. The molecular weight excluding hydrogens is 220 g/mol. The number of carbonyl (C=O) groups excluding carboxylic acids is 1. The smallest absolute Gasteiger partial charge is 0.291 e. The number of aromatic nitrogens is 3. The zero-order valence-electron chi connectivity index (χ0n) is 10.3. The van der Waals surface area contributed by atoms with E-state index in [-0.39, 0.29) is 29.3 Å². The fourth-order valence-corrected chi connectivity index (χ4v) is 1.93. The van der Waals surface area contributed by atoms with Crippen LogP contribution in [0.5, 0.6) is 0 Å². The van der Waals surface area contributed by atoms with E-state index in [1.54, 1.807) is 0 Å². The van der Waals surface area contributed by atoms with Crippen molar-refractivity contribution in [3.05, 3.63) is 11.6 Å². The molecule has 0 aliphatic heterocycles. The molecule has 2 unspecified atom stereocenters. The maximum Gasteiger partial charge on any atom is 0.291 e. The number of aryl methyl sites for hydroxylation is 1. The topological polar surface area (TPSA) is 90.9 Å². The molecule has 3 N–H and O–H groups in total. The van der Waals surface area contributed by atoms with Crippen molar-refractivity contribution in [2.75, 3.05) is 0 Å². The first-order valence-electron chi connectivity index (χ1n) is 5.85. The van der Waals surface area contributed by atoms with Gasteiger partial charge in [-0.3, -0.25) is 9.89 Å². The van der Waals surface area contributed by atoms with E-state index < -0.39 is 0 Å². The highest BCUT2D eigenvalue weighted by atomic mass is 16.3. The first kappa shape index (κ1) is 12.0. The molecule has 6 heteroatoms. The molecule has 2 rings (SSSR count). The number of amides is 1. The summed E-state index contributed by atoms with van der Waals surface area (Å²) in [6, 6.07) is -0.0198. The van der Waals surface area contributed by atoms with E-state index in [0.717, 1.165) is 0 Å². The fourth-order valence-electron chi connectivity index (χ4n) is 1.93. The summed E-state index contributed by atoms with van der Waals surface area (Å²) in [5.74, 6) is 0.577. The van der Waals surface area contributed by atoms with Crippen LogP contribution in [0.3, 0.4) is 0 Å². The minimum absolute atomic E-state index is 0.0198. The van der Waals surface area contributed by atoms with Crippen molar-refractivity contribution in [3.8, 4) is 0 Å². The third kappa shape index (κ3) is 2.04. The SMILES string of the molecule is CCc1nc(C(=O)NC2CC(O)C2(C)C)n[nH]1. The van der Waals surface area contributed by atoms with E-state index in [1.807, 2.05) is 20.8 Å². The maximum absolute atomic E-state index is 11.8. The Morgan fingerprint density at radius 2 is 2.35 bits per heavy atom. The van der Waals surface area contributed by atoms with Gasteiger partial charge in [-0.1, -0.05) is 20.8 Å². The average Bonchev–Trinajstić information content (AvgIpc) is 2.77. The molecule has 1 saturated carbocycles. The summed E-state index contributed by atoms with van der Waals surface area (Å²) < 4.78 is 0. The molecule has 0 saturated heterocycles. The average molecular weight is 238 g/mol. The van der Waals surface area contributed by atoms with Crippen molar-refractivity contribution in [2.45, 2.75) is 45.8 Å². The number of rotatable bonds is 3.